The highest BCUT2D eigenvalue weighted by Crippen LogP contribution is 2.37. The van der Waals surface area contributed by atoms with Crippen molar-refractivity contribution in [3.05, 3.63) is 105 Å². The van der Waals surface area contributed by atoms with Gasteiger partial charge < -0.3 is 19.4 Å². The Morgan fingerprint density at radius 2 is 1.83 bits per heavy atom. The second-order valence-corrected chi connectivity index (χ2v) is 11.4. The Kier molecular flexibility index (Phi) is 7.95. The highest BCUT2D eigenvalue weighted by Gasteiger charge is 2.36. The summed E-state index contributed by atoms with van der Waals surface area (Å²) in [5.41, 5.74) is 4.05. The van der Waals surface area contributed by atoms with Crippen LogP contribution in [0.15, 0.2) is 71.2 Å². The van der Waals surface area contributed by atoms with Gasteiger partial charge in [0.05, 0.1) is 12.2 Å². The van der Waals surface area contributed by atoms with E-state index in [1.54, 1.807) is 4.90 Å². The molecule has 2 aliphatic heterocycles. The molecule has 0 radical (unpaired) electrons. The molecule has 4 aromatic rings. The number of halogens is 2. The second-order valence-electron chi connectivity index (χ2n) is 10.2. The number of benzene rings is 3. The Bertz CT molecular complexity index is 1620. The molecular weight excluding hydrogens is 604 g/mol. The molecule has 1 atom stereocenters. The Hall–Kier alpha value is -3.87. The zero-order chi connectivity index (χ0) is 28.3. The lowest BCUT2D eigenvalue weighted by molar-refractivity contribution is 0.0788. The molecule has 0 saturated carbocycles. The number of carbonyl (C=O) groups excluding carboxylic acids is 1. The second kappa shape index (κ2) is 11.9. The largest absolute Gasteiger partial charge is 0.445 e. The normalized spacial score (nSPS) is 16.8. The van der Waals surface area contributed by atoms with Crippen LogP contribution in [-0.2, 0) is 24.3 Å². The van der Waals surface area contributed by atoms with Crippen molar-refractivity contribution in [3.63, 3.8) is 0 Å². The molecule has 1 amide bonds. The number of ether oxygens (including phenoxy) is 1. The molecule has 1 aromatic heterocycles. The number of piperazine rings is 1. The molecule has 1 fully saturated rings. The van der Waals surface area contributed by atoms with E-state index in [0.29, 0.717) is 26.2 Å². The van der Waals surface area contributed by atoms with Gasteiger partial charge in [-0.15, -0.1) is 0 Å². The van der Waals surface area contributed by atoms with E-state index in [0.717, 1.165) is 45.8 Å². The summed E-state index contributed by atoms with van der Waals surface area (Å²) in [4.78, 5) is 32.1. The van der Waals surface area contributed by atoms with Gasteiger partial charge in [0.2, 0.25) is 11.8 Å². The van der Waals surface area contributed by atoms with Crippen molar-refractivity contribution in [1.82, 2.24) is 14.9 Å². The number of amides is 1. The van der Waals surface area contributed by atoms with Gasteiger partial charge in [-0.2, -0.15) is 0 Å². The zero-order valence-corrected chi connectivity index (χ0v) is 24.7. The first-order valence-corrected chi connectivity index (χ1v) is 14.7. The first-order valence-electron chi connectivity index (χ1n) is 13.5. The highest BCUT2D eigenvalue weighted by molar-refractivity contribution is 9.10. The van der Waals surface area contributed by atoms with E-state index >= 15 is 0 Å². The Morgan fingerprint density at radius 1 is 1.02 bits per heavy atom. The van der Waals surface area contributed by atoms with E-state index < -0.39 is 6.09 Å². The van der Waals surface area contributed by atoms with Crippen LogP contribution in [0.5, 0.6) is 0 Å². The van der Waals surface area contributed by atoms with Crippen LogP contribution in [0.3, 0.4) is 0 Å². The summed E-state index contributed by atoms with van der Waals surface area (Å²) in [7, 11) is 0. The molecule has 10 heteroatoms. The molecule has 6 rings (SSSR count). The number of anilines is 2. The number of rotatable bonds is 5. The summed E-state index contributed by atoms with van der Waals surface area (Å²) in [5, 5.41) is 2.55. The molecule has 41 heavy (non-hydrogen) atoms. The summed E-state index contributed by atoms with van der Waals surface area (Å²) in [6.07, 6.45) is 0.358. The highest BCUT2D eigenvalue weighted by atomic mass is 79.9. The summed E-state index contributed by atoms with van der Waals surface area (Å²) < 4.78 is 6.66. The van der Waals surface area contributed by atoms with Crippen LogP contribution in [0.1, 0.15) is 16.8 Å². The van der Waals surface area contributed by atoms with Gasteiger partial charge in [-0.05, 0) is 41.1 Å². The number of nitrogens with zero attached hydrogens (tertiary/aromatic N) is 6. The lowest BCUT2D eigenvalue weighted by atomic mass is 10.0. The van der Waals surface area contributed by atoms with Crippen molar-refractivity contribution in [2.45, 2.75) is 25.6 Å². The van der Waals surface area contributed by atoms with Crippen LogP contribution in [0, 0.1) is 6.57 Å². The van der Waals surface area contributed by atoms with E-state index in [2.05, 4.69) is 70.9 Å². The summed E-state index contributed by atoms with van der Waals surface area (Å²) in [5.74, 6) is 0.797. The van der Waals surface area contributed by atoms with Crippen LogP contribution in [0.4, 0.5) is 16.3 Å². The van der Waals surface area contributed by atoms with Gasteiger partial charge in [0.25, 0.3) is 0 Å². The van der Waals surface area contributed by atoms with Gasteiger partial charge >= 0.3 is 6.09 Å². The fraction of sp³-hybridized carbons (Fsp3) is 0.290. The molecule has 0 spiro atoms. The Morgan fingerprint density at radius 3 is 2.63 bits per heavy atom. The molecule has 3 heterocycles. The lowest BCUT2D eigenvalue weighted by Crippen LogP contribution is -2.57. The van der Waals surface area contributed by atoms with Crippen molar-refractivity contribution in [2.24, 2.45) is 0 Å². The minimum atomic E-state index is -0.401. The summed E-state index contributed by atoms with van der Waals surface area (Å²) in [6.45, 7) is 10.8. The van der Waals surface area contributed by atoms with Gasteiger partial charge in [-0.3, -0.25) is 4.90 Å². The number of hydrogen-bond donors (Lipinski definition) is 0. The first-order chi connectivity index (χ1) is 20.0. The smallest absolute Gasteiger partial charge is 0.410 e. The van der Waals surface area contributed by atoms with Crippen LogP contribution < -0.4 is 9.80 Å². The molecule has 2 aliphatic rings. The molecule has 0 N–H and O–H groups in total. The van der Waals surface area contributed by atoms with Crippen LogP contribution in [-0.4, -0.2) is 59.7 Å². The fourth-order valence-electron chi connectivity index (χ4n) is 5.74. The molecule has 0 aliphatic carbocycles. The maximum Gasteiger partial charge on any atom is 0.410 e. The standard InChI is InChI=1S/C31H28BrClN6O2/c1-34-17-23-18-38(15-16-39(23)31(40)41-20-21-7-3-2-4-8-21)29-24-13-14-37(19-26(24)35-30(33)36-29)27-12-6-10-22-9-5-11-25(32)28(22)27/h2-12,23H,13-20H2/t23-/m0/s1. The van der Waals surface area contributed by atoms with Crippen LogP contribution >= 0.6 is 27.5 Å². The van der Waals surface area contributed by atoms with Gasteiger partial charge in [0, 0.05) is 47.3 Å². The fourth-order valence-corrected chi connectivity index (χ4v) is 6.51. The molecule has 3 aromatic carbocycles. The Labute approximate surface area is 252 Å². The molecule has 208 valence electrons. The van der Waals surface area contributed by atoms with E-state index in [9.17, 15) is 4.79 Å². The third kappa shape index (κ3) is 5.67. The number of fused-ring (bicyclic) bond motifs is 2. The van der Waals surface area contributed by atoms with E-state index in [-0.39, 0.29) is 24.5 Å². The van der Waals surface area contributed by atoms with Crippen molar-refractivity contribution in [1.29, 1.82) is 0 Å². The molecular formula is C31H28BrClN6O2. The van der Waals surface area contributed by atoms with Gasteiger partial charge in [-0.25, -0.2) is 21.3 Å². The maximum atomic E-state index is 13.0. The molecule has 0 bridgehead atoms. The molecule has 0 unspecified atom stereocenters. The van der Waals surface area contributed by atoms with Crippen LogP contribution in [0.25, 0.3) is 15.6 Å². The summed E-state index contributed by atoms with van der Waals surface area (Å²) >= 11 is 10.2. The van der Waals surface area contributed by atoms with Gasteiger partial charge in [0.1, 0.15) is 18.5 Å². The molecule has 1 saturated heterocycles. The maximum absolute atomic E-state index is 13.0. The number of aromatic nitrogens is 2. The van der Waals surface area contributed by atoms with Gasteiger partial charge in [0.15, 0.2) is 0 Å². The quantitative estimate of drug-likeness (QED) is 0.189. The predicted octanol–water partition coefficient (Wildman–Crippen LogP) is 6.36. The van der Waals surface area contributed by atoms with Crippen LogP contribution in [0.2, 0.25) is 5.28 Å². The SMILES string of the molecule is [C-]#[N+]C[C@H]1CN(c2nc(Cl)nc3c2CCN(c2cccc4cccc(Br)c24)C3)CCN1C(=O)OCc1ccccc1. The number of carbonyl (C=O) groups is 1. The minimum absolute atomic E-state index is 0.182. The third-order valence-electron chi connectivity index (χ3n) is 7.71. The van der Waals surface area contributed by atoms with Crippen molar-refractivity contribution in [2.75, 3.05) is 42.5 Å². The minimum Gasteiger partial charge on any atom is -0.445 e. The first kappa shape index (κ1) is 27.3. The van der Waals surface area contributed by atoms with Gasteiger partial charge in [-0.1, -0.05) is 70.5 Å². The lowest BCUT2D eigenvalue weighted by Gasteiger charge is -2.40. The average molecular weight is 632 g/mol. The third-order valence-corrected chi connectivity index (χ3v) is 8.54. The van der Waals surface area contributed by atoms with Crippen molar-refractivity contribution in [3.8, 4) is 0 Å². The number of hydrogen-bond acceptors (Lipinski definition) is 6. The predicted molar refractivity (Wildman–Crippen MR) is 164 cm³/mol. The van der Waals surface area contributed by atoms with E-state index in [1.807, 2.05) is 36.4 Å². The van der Waals surface area contributed by atoms with E-state index in [1.165, 1.54) is 10.8 Å². The molecule has 8 nitrogen and oxygen atoms in total. The zero-order valence-electron chi connectivity index (χ0n) is 22.3. The topological polar surface area (TPSA) is 66.2 Å². The van der Waals surface area contributed by atoms with Crippen molar-refractivity contribution >= 4 is 55.9 Å². The monoisotopic (exact) mass is 630 g/mol. The van der Waals surface area contributed by atoms with Crippen molar-refractivity contribution < 1.29 is 9.53 Å². The summed E-state index contributed by atoms with van der Waals surface area (Å²) in [6, 6.07) is 21.9. The Balaban J connectivity index is 1.22. The average Bonchev–Trinajstić information content (AvgIpc) is 2.99. The van der Waals surface area contributed by atoms with E-state index in [4.69, 9.17) is 22.9 Å².